The van der Waals surface area contributed by atoms with Gasteiger partial charge in [-0.2, -0.15) is 4.98 Å². The van der Waals surface area contributed by atoms with Crippen molar-refractivity contribution in [3.63, 3.8) is 0 Å². The lowest BCUT2D eigenvalue weighted by Gasteiger charge is -2.16. The van der Waals surface area contributed by atoms with Gasteiger partial charge in [0.15, 0.2) is 5.78 Å². The molecule has 0 bridgehead atoms. The second kappa shape index (κ2) is 14.3. The van der Waals surface area contributed by atoms with Crippen molar-refractivity contribution in [3.05, 3.63) is 70.8 Å². The number of benzene rings is 2. The molecule has 0 saturated carbocycles. The van der Waals surface area contributed by atoms with Crippen LogP contribution in [0.2, 0.25) is 0 Å². The highest BCUT2D eigenvalue weighted by atomic mass is 79.9. The van der Waals surface area contributed by atoms with Crippen LogP contribution >= 0.6 is 15.9 Å². The maximum atomic E-state index is 12.4. The topological polar surface area (TPSA) is 132 Å². The van der Waals surface area contributed by atoms with Crippen molar-refractivity contribution in [2.24, 2.45) is 0 Å². The molecule has 0 spiro atoms. The van der Waals surface area contributed by atoms with Gasteiger partial charge in [-0.15, -0.1) is 0 Å². The minimum atomic E-state index is -0.0829. The summed E-state index contributed by atoms with van der Waals surface area (Å²) in [6.07, 6.45) is 7.80. The summed E-state index contributed by atoms with van der Waals surface area (Å²) in [5.41, 5.74) is 2.32. The number of anilines is 4. The molecule has 1 aromatic heterocycles. The van der Waals surface area contributed by atoms with Crippen LogP contribution in [-0.4, -0.2) is 64.5 Å². The number of hydrogen-bond donors (Lipinski definition) is 5. The molecule has 0 radical (unpaired) electrons. The van der Waals surface area contributed by atoms with E-state index in [9.17, 15) is 14.7 Å². The predicted molar refractivity (Wildman–Crippen MR) is 157 cm³/mol. The first-order valence-corrected chi connectivity index (χ1v) is 13.7. The standard InChI is InChI=1S/C28H32BrN7O3/c29-25-19-32-27(33-21-5-3-6-22(17-21)34-28(39)36-15-1-2-16-36)35-26(25)31-14-4-13-30-18-24(38)12-9-20-7-10-23(37)11-8-20/h3,5-12,17,19,30,37H,1-2,4,13-16,18H2,(H,34,39)(H2,31,32,33,35)/b12-9+. The molecule has 5 N–H and O–H groups in total. The van der Waals surface area contributed by atoms with E-state index in [4.69, 9.17) is 0 Å². The first kappa shape index (κ1) is 28.1. The van der Waals surface area contributed by atoms with E-state index >= 15 is 0 Å². The van der Waals surface area contributed by atoms with Gasteiger partial charge in [-0.3, -0.25) is 4.79 Å². The number of aromatic hydroxyl groups is 1. The quantitative estimate of drug-likeness (QED) is 0.147. The normalized spacial score (nSPS) is 13.0. The Balaban J connectivity index is 1.19. The number of phenols is 1. The maximum Gasteiger partial charge on any atom is 0.321 e. The van der Waals surface area contributed by atoms with Gasteiger partial charge in [0.05, 0.1) is 11.0 Å². The Morgan fingerprint density at radius 1 is 1.05 bits per heavy atom. The molecule has 1 saturated heterocycles. The number of ketones is 1. The molecule has 204 valence electrons. The predicted octanol–water partition coefficient (Wildman–Crippen LogP) is 4.99. The van der Waals surface area contributed by atoms with Gasteiger partial charge in [0.2, 0.25) is 5.95 Å². The van der Waals surface area contributed by atoms with Gasteiger partial charge in [0.25, 0.3) is 0 Å². The van der Waals surface area contributed by atoms with E-state index in [1.807, 2.05) is 29.2 Å². The average Bonchev–Trinajstić information content (AvgIpc) is 3.48. The van der Waals surface area contributed by atoms with E-state index in [1.165, 1.54) is 6.08 Å². The fourth-order valence-corrected chi connectivity index (χ4v) is 4.27. The Morgan fingerprint density at radius 2 is 1.82 bits per heavy atom. The van der Waals surface area contributed by atoms with E-state index in [1.54, 1.807) is 36.5 Å². The molecule has 0 atom stereocenters. The zero-order valence-corrected chi connectivity index (χ0v) is 23.1. The Bertz CT molecular complexity index is 1290. The Kier molecular flexibility index (Phi) is 10.3. The fourth-order valence-electron chi connectivity index (χ4n) is 3.94. The lowest BCUT2D eigenvalue weighted by Crippen LogP contribution is -2.32. The van der Waals surface area contributed by atoms with Crippen LogP contribution in [0.3, 0.4) is 0 Å². The first-order chi connectivity index (χ1) is 19.0. The largest absolute Gasteiger partial charge is 0.508 e. The van der Waals surface area contributed by atoms with Crippen molar-refractivity contribution in [2.75, 3.05) is 48.7 Å². The number of likely N-dealkylation sites (tertiary alicyclic amines) is 1. The zero-order valence-electron chi connectivity index (χ0n) is 21.5. The number of aromatic nitrogens is 2. The van der Waals surface area contributed by atoms with Crippen LogP contribution in [0.15, 0.2) is 65.3 Å². The number of halogens is 1. The molecule has 0 unspecified atom stereocenters. The van der Waals surface area contributed by atoms with Gasteiger partial charge in [-0.25, -0.2) is 9.78 Å². The van der Waals surface area contributed by atoms with E-state index in [0.29, 0.717) is 30.5 Å². The highest BCUT2D eigenvalue weighted by Crippen LogP contribution is 2.23. The van der Waals surface area contributed by atoms with Crippen molar-refractivity contribution < 1.29 is 14.7 Å². The second-order valence-electron chi connectivity index (χ2n) is 9.07. The Hall–Kier alpha value is -3.96. The van der Waals surface area contributed by atoms with Crippen LogP contribution in [0.5, 0.6) is 5.75 Å². The van der Waals surface area contributed by atoms with Gasteiger partial charge < -0.3 is 31.3 Å². The van der Waals surface area contributed by atoms with Crippen LogP contribution in [0.25, 0.3) is 6.08 Å². The fraction of sp³-hybridized carbons (Fsp3) is 0.286. The lowest BCUT2D eigenvalue weighted by atomic mass is 10.2. The number of nitrogens with one attached hydrogen (secondary N) is 4. The average molecular weight is 595 g/mol. The van der Waals surface area contributed by atoms with Gasteiger partial charge in [0.1, 0.15) is 11.6 Å². The van der Waals surface area contributed by atoms with Gasteiger partial charge in [0, 0.05) is 37.2 Å². The number of carbonyl (C=O) groups is 2. The molecule has 4 rings (SSSR count). The minimum absolute atomic E-state index is 0.0232. The molecule has 39 heavy (non-hydrogen) atoms. The molecule has 1 aliphatic heterocycles. The summed E-state index contributed by atoms with van der Waals surface area (Å²) >= 11 is 3.48. The van der Waals surface area contributed by atoms with Crippen molar-refractivity contribution in [1.29, 1.82) is 0 Å². The number of nitrogens with zero attached hydrogens (tertiary/aromatic N) is 3. The molecular weight excluding hydrogens is 562 g/mol. The van der Waals surface area contributed by atoms with Crippen LogP contribution in [0, 0.1) is 0 Å². The van der Waals surface area contributed by atoms with Crippen LogP contribution in [-0.2, 0) is 4.79 Å². The number of amides is 2. The molecule has 1 fully saturated rings. The summed E-state index contributed by atoms with van der Waals surface area (Å²) in [5.74, 6) is 1.25. The summed E-state index contributed by atoms with van der Waals surface area (Å²) in [7, 11) is 0. The summed E-state index contributed by atoms with van der Waals surface area (Å²) < 4.78 is 0.738. The smallest absolute Gasteiger partial charge is 0.321 e. The molecular formula is C28H32BrN7O3. The third-order valence-corrected chi connectivity index (χ3v) is 6.56. The number of carbonyl (C=O) groups excluding carboxylic acids is 2. The molecule has 11 heteroatoms. The molecule has 0 aliphatic carbocycles. The van der Waals surface area contributed by atoms with Crippen molar-refractivity contribution in [2.45, 2.75) is 19.3 Å². The number of phenolic OH excluding ortho intramolecular Hbond substituents is 1. The molecule has 2 heterocycles. The Morgan fingerprint density at radius 3 is 2.62 bits per heavy atom. The molecule has 3 aromatic rings. The first-order valence-electron chi connectivity index (χ1n) is 12.9. The van der Waals surface area contributed by atoms with E-state index in [2.05, 4.69) is 47.2 Å². The molecule has 10 nitrogen and oxygen atoms in total. The monoisotopic (exact) mass is 593 g/mol. The second-order valence-corrected chi connectivity index (χ2v) is 9.92. The third kappa shape index (κ3) is 9.08. The van der Waals surface area contributed by atoms with Crippen LogP contribution in [0.4, 0.5) is 27.9 Å². The summed E-state index contributed by atoms with van der Waals surface area (Å²) in [5, 5.41) is 21.9. The van der Waals surface area contributed by atoms with Gasteiger partial charge >= 0.3 is 6.03 Å². The van der Waals surface area contributed by atoms with E-state index in [0.717, 1.165) is 48.1 Å². The summed E-state index contributed by atoms with van der Waals surface area (Å²) in [6, 6.07) is 14.0. The highest BCUT2D eigenvalue weighted by Gasteiger charge is 2.17. The van der Waals surface area contributed by atoms with E-state index in [-0.39, 0.29) is 24.1 Å². The van der Waals surface area contributed by atoms with Crippen molar-refractivity contribution in [3.8, 4) is 5.75 Å². The molecule has 1 aliphatic rings. The Labute approximate surface area is 236 Å². The van der Waals surface area contributed by atoms with Crippen LogP contribution < -0.4 is 21.3 Å². The third-order valence-electron chi connectivity index (χ3n) is 5.98. The van der Waals surface area contributed by atoms with Gasteiger partial charge in [-0.1, -0.05) is 24.3 Å². The number of rotatable bonds is 12. The minimum Gasteiger partial charge on any atom is -0.508 e. The maximum absolute atomic E-state index is 12.4. The van der Waals surface area contributed by atoms with Crippen molar-refractivity contribution >= 4 is 57.0 Å². The zero-order chi connectivity index (χ0) is 27.5. The number of urea groups is 1. The van der Waals surface area contributed by atoms with E-state index < -0.39 is 0 Å². The SMILES string of the molecule is O=C(/C=C/c1ccc(O)cc1)CNCCCNc1nc(Nc2cccc(NC(=O)N3CCCC3)c2)ncc1Br. The van der Waals surface area contributed by atoms with Crippen LogP contribution in [0.1, 0.15) is 24.8 Å². The molecule has 2 amide bonds. The summed E-state index contributed by atoms with van der Waals surface area (Å²) in [6.45, 7) is 3.14. The lowest BCUT2D eigenvalue weighted by molar-refractivity contribution is -0.113. The van der Waals surface area contributed by atoms with Gasteiger partial charge in [-0.05, 0) is 83.7 Å². The number of hydrogen-bond acceptors (Lipinski definition) is 8. The highest BCUT2D eigenvalue weighted by molar-refractivity contribution is 9.10. The van der Waals surface area contributed by atoms with Crippen molar-refractivity contribution in [1.82, 2.24) is 20.2 Å². The molecule has 2 aromatic carbocycles. The summed E-state index contributed by atoms with van der Waals surface area (Å²) in [4.78, 5) is 35.1.